The van der Waals surface area contributed by atoms with Gasteiger partial charge in [-0.1, -0.05) is 13.0 Å². The van der Waals surface area contributed by atoms with E-state index in [0.717, 1.165) is 18.4 Å². The van der Waals surface area contributed by atoms with Crippen LogP contribution in [-0.2, 0) is 4.79 Å². The molecule has 0 aromatic heterocycles. The zero-order valence-electron chi connectivity index (χ0n) is 10.4. The van der Waals surface area contributed by atoms with Gasteiger partial charge in [-0.25, -0.2) is 4.39 Å². The zero-order chi connectivity index (χ0) is 13.1. The summed E-state index contributed by atoms with van der Waals surface area (Å²) in [6.45, 7) is 2.70. The molecule has 0 saturated heterocycles. The molecule has 98 valence electrons. The molecule has 4 heteroatoms. The van der Waals surface area contributed by atoms with Crippen LogP contribution >= 0.6 is 15.9 Å². The van der Waals surface area contributed by atoms with Crippen LogP contribution in [0.1, 0.15) is 37.7 Å². The Hall–Kier alpha value is -0.900. The van der Waals surface area contributed by atoms with Gasteiger partial charge in [0.2, 0.25) is 5.91 Å². The van der Waals surface area contributed by atoms with Crippen LogP contribution in [0.2, 0.25) is 0 Å². The van der Waals surface area contributed by atoms with Crippen molar-refractivity contribution in [1.29, 1.82) is 0 Å². The molecule has 0 bridgehead atoms. The van der Waals surface area contributed by atoms with Gasteiger partial charge in [0.05, 0.1) is 4.47 Å². The lowest BCUT2D eigenvalue weighted by Crippen LogP contribution is -2.25. The second kappa shape index (κ2) is 5.83. The van der Waals surface area contributed by atoms with Gasteiger partial charge < -0.3 is 5.32 Å². The highest BCUT2D eigenvalue weighted by Gasteiger charge is 2.38. The van der Waals surface area contributed by atoms with E-state index in [1.807, 2.05) is 13.0 Å². The van der Waals surface area contributed by atoms with E-state index in [4.69, 9.17) is 0 Å². The van der Waals surface area contributed by atoms with Crippen molar-refractivity contribution in [3.8, 4) is 0 Å². The second-order valence-corrected chi connectivity index (χ2v) is 5.68. The lowest BCUT2D eigenvalue weighted by molar-refractivity contribution is -0.121. The van der Waals surface area contributed by atoms with Crippen molar-refractivity contribution in [2.24, 2.45) is 5.92 Å². The molecule has 18 heavy (non-hydrogen) atoms. The predicted octanol–water partition coefficient (Wildman–Crippen LogP) is 3.61. The van der Waals surface area contributed by atoms with Crippen LogP contribution in [-0.4, -0.2) is 12.5 Å². The van der Waals surface area contributed by atoms with Gasteiger partial charge in [0, 0.05) is 13.0 Å². The molecule has 2 nitrogen and oxygen atoms in total. The third-order valence-electron chi connectivity index (χ3n) is 3.33. The third kappa shape index (κ3) is 3.31. The molecule has 1 aliphatic carbocycles. The molecule has 1 saturated carbocycles. The first-order valence-electron chi connectivity index (χ1n) is 6.33. The fraction of sp³-hybridized carbons (Fsp3) is 0.500. The fourth-order valence-corrected chi connectivity index (χ4v) is 2.43. The van der Waals surface area contributed by atoms with Crippen LogP contribution in [0.25, 0.3) is 0 Å². The monoisotopic (exact) mass is 313 g/mol. The van der Waals surface area contributed by atoms with Gasteiger partial charge in [-0.3, -0.25) is 4.79 Å². The van der Waals surface area contributed by atoms with Gasteiger partial charge in [0.15, 0.2) is 0 Å². The minimum Gasteiger partial charge on any atom is -0.356 e. The van der Waals surface area contributed by atoms with Crippen LogP contribution in [0.5, 0.6) is 0 Å². The summed E-state index contributed by atoms with van der Waals surface area (Å²) in [5.74, 6) is 0.763. The van der Waals surface area contributed by atoms with Gasteiger partial charge in [0.25, 0.3) is 0 Å². The van der Waals surface area contributed by atoms with Crippen molar-refractivity contribution in [2.45, 2.75) is 32.1 Å². The topological polar surface area (TPSA) is 29.1 Å². The molecule has 1 N–H and O–H groups in total. The lowest BCUT2D eigenvalue weighted by Gasteiger charge is -2.04. The molecule has 1 amide bonds. The number of amides is 1. The Morgan fingerprint density at radius 3 is 3.00 bits per heavy atom. The largest absolute Gasteiger partial charge is 0.356 e. The molecule has 0 heterocycles. The Labute approximate surface area is 115 Å². The van der Waals surface area contributed by atoms with Crippen molar-refractivity contribution >= 4 is 21.8 Å². The highest BCUT2D eigenvalue weighted by atomic mass is 79.9. The van der Waals surface area contributed by atoms with Crippen molar-refractivity contribution in [3.63, 3.8) is 0 Å². The number of carbonyl (C=O) groups is 1. The predicted molar refractivity (Wildman–Crippen MR) is 72.9 cm³/mol. The minimum absolute atomic E-state index is 0.116. The van der Waals surface area contributed by atoms with Crippen LogP contribution < -0.4 is 5.32 Å². The number of nitrogens with one attached hydrogen (secondary N) is 1. The lowest BCUT2D eigenvalue weighted by atomic mass is 10.1. The third-order valence-corrected chi connectivity index (χ3v) is 3.98. The Morgan fingerprint density at radius 1 is 1.56 bits per heavy atom. The van der Waals surface area contributed by atoms with Gasteiger partial charge in [0.1, 0.15) is 5.82 Å². The molecule has 1 fully saturated rings. The molecule has 1 aromatic rings. The van der Waals surface area contributed by atoms with Crippen LogP contribution in [0.15, 0.2) is 22.7 Å². The van der Waals surface area contributed by atoms with E-state index in [9.17, 15) is 9.18 Å². The van der Waals surface area contributed by atoms with Gasteiger partial charge in [-0.2, -0.15) is 0 Å². The van der Waals surface area contributed by atoms with Crippen LogP contribution in [0, 0.1) is 11.7 Å². The summed E-state index contributed by atoms with van der Waals surface area (Å²) in [6, 6.07) is 5.28. The molecule has 1 aliphatic rings. The number of hydrogen-bond donors (Lipinski definition) is 1. The molecule has 1 aromatic carbocycles. The summed E-state index contributed by atoms with van der Waals surface area (Å²) in [5.41, 5.74) is 1.03. The average Bonchev–Trinajstić information content (AvgIpc) is 3.10. The summed E-state index contributed by atoms with van der Waals surface area (Å²) in [5, 5.41) is 2.93. The van der Waals surface area contributed by atoms with Crippen molar-refractivity contribution in [2.75, 3.05) is 6.54 Å². The Bertz CT molecular complexity index is 449. The summed E-state index contributed by atoms with van der Waals surface area (Å²) < 4.78 is 13.9. The SMILES string of the molecule is CCCC(=O)NCC1CC1c1ccc(Br)c(F)c1. The summed E-state index contributed by atoms with van der Waals surface area (Å²) in [7, 11) is 0. The maximum atomic E-state index is 13.4. The summed E-state index contributed by atoms with van der Waals surface area (Å²) in [6.07, 6.45) is 2.50. The quantitative estimate of drug-likeness (QED) is 0.884. The number of benzene rings is 1. The molecule has 0 aliphatic heterocycles. The smallest absolute Gasteiger partial charge is 0.219 e. The molecule has 0 spiro atoms. The van der Waals surface area contributed by atoms with Gasteiger partial charge in [-0.15, -0.1) is 0 Å². The van der Waals surface area contributed by atoms with Gasteiger partial charge >= 0.3 is 0 Å². The Balaban J connectivity index is 1.83. The standard InChI is InChI=1S/C14H17BrFNO/c1-2-3-14(18)17-8-10-6-11(10)9-4-5-12(15)13(16)7-9/h4-5,7,10-11H,2-3,6,8H2,1H3,(H,17,18). The van der Waals surface area contributed by atoms with E-state index in [0.29, 0.717) is 29.3 Å². The zero-order valence-corrected chi connectivity index (χ0v) is 12.0. The molecule has 2 rings (SSSR count). The Morgan fingerprint density at radius 2 is 2.33 bits per heavy atom. The number of hydrogen-bond acceptors (Lipinski definition) is 1. The van der Waals surface area contributed by atoms with Crippen molar-refractivity contribution in [1.82, 2.24) is 5.32 Å². The highest BCUT2D eigenvalue weighted by molar-refractivity contribution is 9.10. The van der Waals surface area contributed by atoms with E-state index in [1.54, 1.807) is 12.1 Å². The molecule has 2 unspecified atom stereocenters. The number of rotatable bonds is 5. The van der Waals surface area contributed by atoms with Gasteiger partial charge in [-0.05, 0) is 58.3 Å². The van der Waals surface area contributed by atoms with Crippen LogP contribution in [0.3, 0.4) is 0 Å². The van der Waals surface area contributed by atoms with Crippen LogP contribution in [0.4, 0.5) is 4.39 Å². The highest BCUT2D eigenvalue weighted by Crippen LogP contribution is 2.47. The molecular formula is C14H17BrFNO. The fourth-order valence-electron chi connectivity index (χ4n) is 2.18. The van der Waals surface area contributed by atoms with E-state index >= 15 is 0 Å². The van der Waals surface area contributed by atoms with E-state index in [-0.39, 0.29) is 11.7 Å². The number of carbonyl (C=O) groups excluding carboxylic acids is 1. The Kier molecular flexibility index (Phi) is 4.38. The first-order chi connectivity index (χ1) is 8.61. The minimum atomic E-state index is -0.215. The first-order valence-corrected chi connectivity index (χ1v) is 7.12. The normalized spacial score (nSPS) is 21.7. The molecule has 2 atom stereocenters. The van der Waals surface area contributed by atoms with E-state index < -0.39 is 0 Å². The maximum absolute atomic E-state index is 13.4. The summed E-state index contributed by atoms with van der Waals surface area (Å²) >= 11 is 3.15. The summed E-state index contributed by atoms with van der Waals surface area (Å²) in [4.78, 5) is 11.3. The number of halogens is 2. The first kappa shape index (κ1) is 13.5. The molecule has 0 radical (unpaired) electrons. The van der Waals surface area contributed by atoms with E-state index in [1.165, 1.54) is 0 Å². The van der Waals surface area contributed by atoms with Crippen molar-refractivity contribution in [3.05, 3.63) is 34.1 Å². The average molecular weight is 314 g/mol. The van der Waals surface area contributed by atoms with E-state index in [2.05, 4.69) is 21.2 Å². The molecular weight excluding hydrogens is 297 g/mol. The van der Waals surface area contributed by atoms with Crippen molar-refractivity contribution < 1.29 is 9.18 Å². The maximum Gasteiger partial charge on any atom is 0.219 e. The second-order valence-electron chi connectivity index (χ2n) is 4.83.